The Balaban J connectivity index is 1.74. The van der Waals surface area contributed by atoms with E-state index in [1.807, 2.05) is 38.1 Å². The minimum atomic E-state index is -0.0882. The highest BCUT2D eigenvalue weighted by Gasteiger charge is 2.10. The molecule has 1 aromatic heterocycles. The largest absolute Gasteiger partial charge is 0.357 e. The Morgan fingerprint density at radius 2 is 2.08 bits per heavy atom. The van der Waals surface area contributed by atoms with Crippen LogP contribution in [0.25, 0.3) is 0 Å². The molecule has 6 nitrogen and oxygen atoms in total. The van der Waals surface area contributed by atoms with Gasteiger partial charge in [-0.3, -0.25) is 9.79 Å². The minimum absolute atomic E-state index is 0.0882. The second-order valence-electron chi connectivity index (χ2n) is 5.59. The first-order valence-corrected chi connectivity index (χ1v) is 9.80. The van der Waals surface area contributed by atoms with Crippen molar-refractivity contribution in [2.24, 2.45) is 4.99 Å². The van der Waals surface area contributed by atoms with Crippen LogP contribution in [0.2, 0.25) is 5.02 Å². The Labute approximate surface area is 163 Å². The van der Waals surface area contributed by atoms with E-state index in [9.17, 15) is 4.79 Å². The number of benzene rings is 1. The maximum atomic E-state index is 12.0. The molecule has 1 heterocycles. The van der Waals surface area contributed by atoms with Gasteiger partial charge in [0, 0.05) is 31.2 Å². The number of nitrogens with zero attached hydrogens (tertiary/aromatic N) is 2. The molecule has 26 heavy (non-hydrogen) atoms. The number of nitrogens with one attached hydrogen (secondary N) is 3. The molecule has 1 aromatic carbocycles. The van der Waals surface area contributed by atoms with Crippen molar-refractivity contribution in [2.45, 2.75) is 20.3 Å². The van der Waals surface area contributed by atoms with Crippen LogP contribution in [-0.4, -0.2) is 43.0 Å². The van der Waals surface area contributed by atoms with Gasteiger partial charge in [-0.15, -0.1) is 11.3 Å². The van der Waals surface area contributed by atoms with E-state index in [4.69, 9.17) is 11.6 Å². The molecule has 8 heteroatoms. The molecule has 0 bridgehead atoms. The van der Waals surface area contributed by atoms with Gasteiger partial charge >= 0.3 is 0 Å². The van der Waals surface area contributed by atoms with Gasteiger partial charge in [-0.05, 0) is 38.0 Å². The van der Waals surface area contributed by atoms with E-state index >= 15 is 0 Å². The quantitative estimate of drug-likeness (QED) is 0.366. The number of carbonyl (C=O) groups excluding carboxylic acids is 1. The maximum absolute atomic E-state index is 12.0. The number of aryl methyl sites for hydroxylation is 1. The number of carbonyl (C=O) groups is 1. The SMILES string of the molecule is CCNC(=NCCc1cccc(Cl)c1)NCCNC(=O)c1scnc1C. The Morgan fingerprint density at radius 1 is 1.27 bits per heavy atom. The standard InChI is InChI=1S/C18H24ClN5OS/c1-3-20-18(22-8-7-14-5-4-6-15(19)11-14)23-10-9-21-17(25)16-13(2)24-12-26-16/h4-6,11-12H,3,7-10H2,1-2H3,(H,21,25)(H2,20,22,23). The Bertz CT molecular complexity index is 747. The lowest BCUT2D eigenvalue weighted by Crippen LogP contribution is -2.41. The van der Waals surface area contributed by atoms with Gasteiger partial charge < -0.3 is 16.0 Å². The molecule has 0 radical (unpaired) electrons. The number of halogens is 1. The fourth-order valence-corrected chi connectivity index (χ4v) is 3.22. The third kappa shape index (κ3) is 6.65. The van der Waals surface area contributed by atoms with Gasteiger partial charge in [0.2, 0.25) is 0 Å². The van der Waals surface area contributed by atoms with Gasteiger partial charge in [0.05, 0.1) is 11.2 Å². The predicted octanol–water partition coefficient (Wildman–Crippen LogP) is 2.63. The summed E-state index contributed by atoms with van der Waals surface area (Å²) in [5.41, 5.74) is 3.60. The summed E-state index contributed by atoms with van der Waals surface area (Å²) in [5.74, 6) is 0.646. The van der Waals surface area contributed by atoms with Crippen molar-refractivity contribution in [3.8, 4) is 0 Å². The van der Waals surface area contributed by atoms with Crippen LogP contribution in [0.15, 0.2) is 34.8 Å². The van der Waals surface area contributed by atoms with E-state index in [0.717, 1.165) is 35.2 Å². The average molecular weight is 394 g/mol. The van der Waals surface area contributed by atoms with Gasteiger partial charge in [-0.1, -0.05) is 23.7 Å². The number of rotatable bonds is 8. The van der Waals surface area contributed by atoms with Crippen molar-refractivity contribution < 1.29 is 4.79 Å². The molecule has 0 saturated carbocycles. The second-order valence-corrected chi connectivity index (χ2v) is 6.88. The van der Waals surface area contributed by atoms with Crippen LogP contribution < -0.4 is 16.0 Å². The van der Waals surface area contributed by atoms with Crippen LogP contribution >= 0.6 is 22.9 Å². The Hall–Kier alpha value is -2.12. The number of aromatic nitrogens is 1. The second kappa shape index (κ2) is 10.8. The summed E-state index contributed by atoms with van der Waals surface area (Å²) in [6.07, 6.45) is 0.818. The molecular weight excluding hydrogens is 370 g/mol. The lowest BCUT2D eigenvalue weighted by molar-refractivity contribution is 0.0957. The monoisotopic (exact) mass is 393 g/mol. The molecule has 0 fully saturated rings. The van der Waals surface area contributed by atoms with Crippen molar-refractivity contribution in [3.63, 3.8) is 0 Å². The molecule has 0 spiro atoms. The highest BCUT2D eigenvalue weighted by Crippen LogP contribution is 2.11. The van der Waals surface area contributed by atoms with E-state index in [-0.39, 0.29) is 5.91 Å². The fraction of sp³-hybridized carbons (Fsp3) is 0.389. The van der Waals surface area contributed by atoms with Gasteiger partial charge in [0.1, 0.15) is 4.88 Å². The van der Waals surface area contributed by atoms with Crippen LogP contribution in [0.3, 0.4) is 0 Å². The number of hydrogen-bond acceptors (Lipinski definition) is 4. The topological polar surface area (TPSA) is 78.4 Å². The van der Waals surface area contributed by atoms with E-state index in [1.54, 1.807) is 5.51 Å². The van der Waals surface area contributed by atoms with Gasteiger partial charge in [-0.2, -0.15) is 0 Å². The first kappa shape index (κ1) is 20.2. The molecule has 0 unspecified atom stereocenters. The van der Waals surface area contributed by atoms with Gasteiger partial charge in [0.15, 0.2) is 5.96 Å². The minimum Gasteiger partial charge on any atom is -0.357 e. The van der Waals surface area contributed by atoms with Crippen molar-refractivity contribution in [1.82, 2.24) is 20.9 Å². The molecule has 0 atom stereocenters. The van der Waals surface area contributed by atoms with E-state index < -0.39 is 0 Å². The Kier molecular flexibility index (Phi) is 8.37. The van der Waals surface area contributed by atoms with Crippen LogP contribution in [0.1, 0.15) is 27.9 Å². The van der Waals surface area contributed by atoms with Crippen molar-refractivity contribution in [1.29, 1.82) is 0 Å². The number of hydrogen-bond donors (Lipinski definition) is 3. The molecular formula is C18H24ClN5OS. The summed E-state index contributed by atoms with van der Waals surface area (Å²) >= 11 is 7.35. The van der Waals surface area contributed by atoms with Crippen LogP contribution in [0, 0.1) is 6.92 Å². The number of amides is 1. The molecule has 0 saturated heterocycles. The lowest BCUT2D eigenvalue weighted by atomic mass is 10.1. The van der Waals surface area contributed by atoms with Crippen molar-refractivity contribution in [3.05, 3.63) is 50.9 Å². The zero-order valence-corrected chi connectivity index (χ0v) is 16.6. The molecule has 140 valence electrons. The first-order valence-electron chi connectivity index (χ1n) is 8.55. The zero-order valence-electron chi connectivity index (χ0n) is 15.0. The predicted molar refractivity (Wildman–Crippen MR) is 108 cm³/mol. The summed E-state index contributed by atoms with van der Waals surface area (Å²) in [6.45, 7) is 6.38. The lowest BCUT2D eigenvalue weighted by Gasteiger charge is -2.12. The molecule has 2 rings (SSSR count). The summed E-state index contributed by atoms with van der Waals surface area (Å²) in [5, 5.41) is 10.0. The number of guanidine groups is 1. The summed E-state index contributed by atoms with van der Waals surface area (Å²) in [4.78, 5) is 21.3. The zero-order chi connectivity index (χ0) is 18.8. The van der Waals surface area contributed by atoms with E-state index in [2.05, 4.69) is 25.9 Å². The smallest absolute Gasteiger partial charge is 0.263 e. The summed E-state index contributed by atoms with van der Waals surface area (Å²) < 4.78 is 0. The molecule has 3 N–H and O–H groups in total. The van der Waals surface area contributed by atoms with Crippen LogP contribution in [0.5, 0.6) is 0 Å². The first-order chi connectivity index (χ1) is 12.6. The average Bonchev–Trinajstić information content (AvgIpc) is 3.04. The summed E-state index contributed by atoms with van der Waals surface area (Å²) in [6, 6.07) is 7.80. The van der Waals surface area contributed by atoms with Crippen LogP contribution in [0.4, 0.5) is 0 Å². The molecule has 0 aliphatic rings. The van der Waals surface area contributed by atoms with Crippen LogP contribution in [-0.2, 0) is 6.42 Å². The normalized spacial score (nSPS) is 11.3. The third-order valence-electron chi connectivity index (χ3n) is 3.56. The van der Waals surface area contributed by atoms with Crippen molar-refractivity contribution in [2.75, 3.05) is 26.2 Å². The maximum Gasteiger partial charge on any atom is 0.263 e. The number of thiazole rings is 1. The Morgan fingerprint density at radius 3 is 2.77 bits per heavy atom. The highest BCUT2D eigenvalue weighted by atomic mass is 35.5. The molecule has 0 aliphatic heterocycles. The summed E-state index contributed by atoms with van der Waals surface area (Å²) in [7, 11) is 0. The molecule has 0 aliphatic carbocycles. The van der Waals surface area contributed by atoms with E-state index in [1.165, 1.54) is 11.3 Å². The molecule has 1 amide bonds. The molecule has 2 aromatic rings. The highest BCUT2D eigenvalue weighted by molar-refractivity contribution is 7.11. The van der Waals surface area contributed by atoms with Gasteiger partial charge in [-0.25, -0.2) is 4.98 Å². The number of aliphatic imine (C=N–C) groups is 1. The van der Waals surface area contributed by atoms with Crippen molar-refractivity contribution >= 4 is 34.8 Å². The van der Waals surface area contributed by atoms with E-state index in [0.29, 0.717) is 24.5 Å². The third-order valence-corrected chi connectivity index (χ3v) is 4.72. The van der Waals surface area contributed by atoms with Gasteiger partial charge in [0.25, 0.3) is 5.91 Å². The fourth-order valence-electron chi connectivity index (χ4n) is 2.29.